The first kappa shape index (κ1) is 11.9. The van der Waals surface area contributed by atoms with Gasteiger partial charge in [0.25, 0.3) is 0 Å². The smallest absolute Gasteiger partial charge is 0.110 e. The molecule has 2 aliphatic rings. The topological polar surface area (TPSA) is 41.5 Å². The summed E-state index contributed by atoms with van der Waals surface area (Å²) in [6.07, 6.45) is 11.0. The highest BCUT2D eigenvalue weighted by molar-refractivity contribution is 4.83. The molecule has 2 N–H and O–H groups in total. The van der Waals surface area contributed by atoms with Crippen LogP contribution in [0.4, 0.5) is 0 Å². The van der Waals surface area contributed by atoms with E-state index in [2.05, 4.69) is 11.4 Å². The van der Waals surface area contributed by atoms with Gasteiger partial charge in [0.2, 0.25) is 0 Å². The van der Waals surface area contributed by atoms with Crippen molar-refractivity contribution in [3.05, 3.63) is 12.3 Å². The summed E-state index contributed by atoms with van der Waals surface area (Å²) in [5.41, 5.74) is 0. The molecule has 3 unspecified atom stereocenters. The van der Waals surface area contributed by atoms with Gasteiger partial charge in [-0.3, -0.25) is 0 Å². The molecule has 16 heavy (non-hydrogen) atoms. The predicted molar refractivity (Wildman–Crippen MR) is 64.1 cm³/mol. The number of allylic oxidation sites excluding steroid dienone is 1. The Morgan fingerprint density at radius 2 is 2.06 bits per heavy atom. The summed E-state index contributed by atoms with van der Waals surface area (Å²) < 4.78 is 5.49. The third-order valence-electron chi connectivity index (χ3n) is 3.67. The molecule has 2 rings (SSSR count). The van der Waals surface area contributed by atoms with Crippen molar-refractivity contribution in [3.8, 4) is 0 Å². The van der Waals surface area contributed by atoms with E-state index in [4.69, 9.17) is 4.74 Å². The summed E-state index contributed by atoms with van der Waals surface area (Å²) in [6, 6.07) is 0. The highest BCUT2D eigenvalue weighted by Gasteiger charge is 2.22. The Bertz CT molecular complexity index is 230. The third kappa shape index (κ3) is 3.49. The molecule has 1 aliphatic heterocycles. The van der Waals surface area contributed by atoms with Crippen LogP contribution in [0.15, 0.2) is 12.3 Å². The largest absolute Gasteiger partial charge is 0.497 e. The van der Waals surface area contributed by atoms with Crippen LogP contribution in [0, 0.1) is 5.92 Å². The number of nitrogens with one attached hydrogen (secondary N) is 1. The molecule has 1 fully saturated rings. The third-order valence-corrected chi connectivity index (χ3v) is 3.67. The van der Waals surface area contributed by atoms with Crippen LogP contribution in [0.25, 0.3) is 0 Å². The monoisotopic (exact) mass is 225 g/mol. The SMILES string of the molecule is OC1CCCCC1CNCC1CCC=CO1. The maximum atomic E-state index is 9.82. The van der Waals surface area contributed by atoms with E-state index < -0.39 is 0 Å². The molecule has 1 heterocycles. The van der Waals surface area contributed by atoms with E-state index in [0.717, 1.165) is 32.4 Å². The van der Waals surface area contributed by atoms with Gasteiger partial charge in [-0.15, -0.1) is 0 Å². The standard InChI is InChI=1S/C13H23NO2/c15-13-7-2-1-5-11(13)9-14-10-12-6-3-4-8-16-12/h4,8,11-15H,1-3,5-7,9-10H2. The molecule has 0 radical (unpaired) electrons. The Kier molecular flexibility index (Phi) is 4.67. The van der Waals surface area contributed by atoms with E-state index in [0.29, 0.717) is 12.0 Å². The summed E-state index contributed by atoms with van der Waals surface area (Å²) in [5.74, 6) is 0.452. The fourth-order valence-corrected chi connectivity index (χ4v) is 2.59. The van der Waals surface area contributed by atoms with Crippen LogP contribution in [0.3, 0.4) is 0 Å². The second-order valence-electron chi connectivity index (χ2n) is 4.98. The van der Waals surface area contributed by atoms with Crippen molar-refractivity contribution < 1.29 is 9.84 Å². The lowest BCUT2D eigenvalue weighted by Crippen LogP contribution is -2.37. The minimum absolute atomic E-state index is 0.0894. The van der Waals surface area contributed by atoms with Crippen LogP contribution in [0.1, 0.15) is 38.5 Å². The predicted octanol–water partition coefficient (Wildman–Crippen LogP) is 1.82. The lowest BCUT2D eigenvalue weighted by Gasteiger charge is -2.28. The Labute approximate surface area is 97.9 Å². The molecule has 0 aromatic carbocycles. The summed E-state index contributed by atoms with van der Waals surface area (Å²) in [5, 5.41) is 13.3. The number of ether oxygens (including phenoxy) is 1. The van der Waals surface area contributed by atoms with Gasteiger partial charge in [0, 0.05) is 13.1 Å². The normalized spacial score (nSPS) is 34.7. The quantitative estimate of drug-likeness (QED) is 0.767. The first-order valence-electron chi connectivity index (χ1n) is 6.55. The average molecular weight is 225 g/mol. The number of aliphatic hydroxyl groups excluding tert-OH is 1. The molecule has 0 aromatic rings. The van der Waals surface area contributed by atoms with E-state index in [1.165, 1.54) is 19.3 Å². The molecule has 0 saturated heterocycles. The van der Waals surface area contributed by atoms with E-state index >= 15 is 0 Å². The fourth-order valence-electron chi connectivity index (χ4n) is 2.59. The second-order valence-corrected chi connectivity index (χ2v) is 4.98. The van der Waals surface area contributed by atoms with Crippen LogP contribution in [0.2, 0.25) is 0 Å². The minimum Gasteiger partial charge on any atom is -0.497 e. The molecule has 0 amide bonds. The van der Waals surface area contributed by atoms with Crippen molar-refractivity contribution in [2.45, 2.75) is 50.7 Å². The number of hydrogen-bond acceptors (Lipinski definition) is 3. The van der Waals surface area contributed by atoms with Crippen LogP contribution < -0.4 is 5.32 Å². The van der Waals surface area contributed by atoms with Crippen molar-refractivity contribution in [2.75, 3.05) is 13.1 Å². The van der Waals surface area contributed by atoms with Crippen molar-refractivity contribution in [2.24, 2.45) is 5.92 Å². The van der Waals surface area contributed by atoms with Crippen molar-refractivity contribution >= 4 is 0 Å². The van der Waals surface area contributed by atoms with Crippen LogP contribution >= 0.6 is 0 Å². The fraction of sp³-hybridized carbons (Fsp3) is 0.846. The Morgan fingerprint density at radius 3 is 2.81 bits per heavy atom. The lowest BCUT2D eigenvalue weighted by molar-refractivity contribution is 0.0648. The van der Waals surface area contributed by atoms with Crippen molar-refractivity contribution in [1.29, 1.82) is 0 Å². The molecular formula is C13H23NO2. The first-order valence-corrected chi connectivity index (χ1v) is 6.55. The number of rotatable bonds is 4. The van der Waals surface area contributed by atoms with Gasteiger partial charge in [-0.2, -0.15) is 0 Å². The van der Waals surface area contributed by atoms with Gasteiger partial charge in [-0.05, 0) is 37.7 Å². The number of hydrogen-bond donors (Lipinski definition) is 2. The van der Waals surface area contributed by atoms with Crippen LogP contribution in [-0.2, 0) is 4.74 Å². The molecule has 1 aliphatic carbocycles. The van der Waals surface area contributed by atoms with Gasteiger partial charge in [0.05, 0.1) is 12.4 Å². The number of aliphatic hydroxyl groups is 1. The molecule has 0 aromatic heterocycles. The Morgan fingerprint density at radius 1 is 1.19 bits per heavy atom. The van der Waals surface area contributed by atoms with Crippen molar-refractivity contribution in [1.82, 2.24) is 5.32 Å². The summed E-state index contributed by atoms with van der Waals surface area (Å²) >= 11 is 0. The van der Waals surface area contributed by atoms with Gasteiger partial charge in [-0.25, -0.2) is 0 Å². The molecular weight excluding hydrogens is 202 g/mol. The Hall–Kier alpha value is -0.540. The molecule has 3 heteroatoms. The maximum absolute atomic E-state index is 9.82. The summed E-state index contributed by atoms with van der Waals surface area (Å²) in [7, 11) is 0. The van der Waals surface area contributed by atoms with Gasteiger partial charge in [0.15, 0.2) is 0 Å². The molecule has 92 valence electrons. The molecule has 1 saturated carbocycles. The second kappa shape index (κ2) is 6.26. The van der Waals surface area contributed by atoms with Gasteiger partial charge in [-0.1, -0.05) is 12.8 Å². The first-order chi connectivity index (χ1) is 7.86. The van der Waals surface area contributed by atoms with Gasteiger partial charge < -0.3 is 15.2 Å². The highest BCUT2D eigenvalue weighted by atomic mass is 16.5. The van der Waals surface area contributed by atoms with Crippen molar-refractivity contribution in [3.63, 3.8) is 0 Å². The lowest BCUT2D eigenvalue weighted by atomic mass is 9.86. The maximum Gasteiger partial charge on any atom is 0.110 e. The van der Waals surface area contributed by atoms with E-state index in [9.17, 15) is 5.11 Å². The zero-order chi connectivity index (χ0) is 11.2. The molecule has 0 spiro atoms. The summed E-state index contributed by atoms with van der Waals surface area (Å²) in [4.78, 5) is 0. The minimum atomic E-state index is -0.0894. The van der Waals surface area contributed by atoms with Gasteiger partial charge in [0.1, 0.15) is 6.10 Å². The molecule has 3 nitrogen and oxygen atoms in total. The van der Waals surface area contributed by atoms with E-state index in [-0.39, 0.29) is 6.10 Å². The van der Waals surface area contributed by atoms with E-state index in [1.54, 1.807) is 0 Å². The zero-order valence-corrected chi connectivity index (χ0v) is 9.90. The van der Waals surface area contributed by atoms with Crippen LogP contribution in [-0.4, -0.2) is 30.4 Å². The Balaban J connectivity index is 1.61. The van der Waals surface area contributed by atoms with E-state index in [1.807, 2.05) is 6.26 Å². The molecule has 0 bridgehead atoms. The average Bonchev–Trinajstić information content (AvgIpc) is 2.33. The van der Waals surface area contributed by atoms with Gasteiger partial charge >= 0.3 is 0 Å². The molecule has 3 atom stereocenters. The summed E-state index contributed by atoms with van der Waals surface area (Å²) in [6.45, 7) is 1.85. The zero-order valence-electron chi connectivity index (χ0n) is 9.90. The van der Waals surface area contributed by atoms with Crippen LogP contribution in [0.5, 0.6) is 0 Å². The highest BCUT2D eigenvalue weighted by Crippen LogP contribution is 2.23.